The summed E-state index contributed by atoms with van der Waals surface area (Å²) in [6.45, 7) is 0.496. The predicted octanol–water partition coefficient (Wildman–Crippen LogP) is 3.46. The molecular formula is C21H17N5O. The number of hydrogen-bond donors (Lipinski definition) is 2. The maximum absolute atomic E-state index is 11.2. The summed E-state index contributed by atoms with van der Waals surface area (Å²) in [4.78, 5) is 18.9. The summed E-state index contributed by atoms with van der Waals surface area (Å²) in [6.07, 6.45) is 4.02. The van der Waals surface area contributed by atoms with Crippen LogP contribution in [0.5, 0.6) is 0 Å². The summed E-state index contributed by atoms with van der Waals surface area (Å²) in [7, 11) is 0. The van der Waals surface area contributed by atoms with E-state index in [1.807, 2.05) is 65.4 Å². The summed E-state index contributed by atoms with van der Waals surface area (Å²) >= 11 is 0. The number of aromatic nitrogens is 3. The quantitative estimate of drug-likeness (QED) is 0.536. The molecule has 132 valence electrons. The van der Waals surface area contributed by atoms with Crippen LogP contribution in [0.2, 0.25) is 0 Å². The Morgan fingerprint density at radius 3 is 2.78 bits per heavy atom. The SMILES string of the molecule is N#C/C(=C\c1cn(CCC(N)=O)c2ccccc12)c1nc2ccccc2[nH]1. The molecule has 3 N–H and O–H groups in total. The minimum Gasteiger partial charge on any atom is -0.370 e. The van der Waals surface area contributed by atoms with E-state index < -0.39 is 0 Å². The van der Waals surface area contributed by atoms with Crippen molar-refractivity contribution in [2.45, 2.75) is 13.0 Å². The van der Waals surface area contributed by atoms with Crippen molar-refractivity contribution >= 4 is 39.5 Å². The van der Waals surface area contributed by atoms with E-state index in [1.165, 1.54) is 0 Å². The van der Waals surface area contributed by atoms with Crippen molar-refractivity contribution in [3.63, 3.8) is 0 Å². The molecule has 4 aromatic rings. The van der Waals surface area contributed by atoms with Crippen LogP contribution in [-0.2, 0) is 11.3 Å². The number of carbonyl (C=O) groups is 1. The molecule has 0 fully saturated rings. The third-order valence-electron chi connectivity index (χ3n) is 4.48. The van der Waals surface area contributed by atoms with Crippen LogP contribution >= 0.6 is 0 Å². The fourth-order valence-corrected chi connectivity index (χ4v) is 3.20. The number of carbonyl (C=O) groups excluding carboxylic acids is 1. The Kier molecular flexibility index (Phi) is 4.19. The lowest BCUT2D eigenvalue weighted by Gasteiger charge is -2.02. The number of para-hydroxylation sites is 3. The molecule has 2 heterocycles. The standard InChI is InChI=1S/C21H17N5O/c22-12-14(21-24-17-6-2-3-7-18(17)25-21)11-15-13-26(10-9-20(23)27)19-8-4-1-5-16(15)19/h1-8,11,13H,9-10H2,(H2,23,27)(H,24,25)/b14-11+. The molecule has 0 unspecified atom stereocenters. The summed E-state index contributed by atoms with van der Waals surface area (Å²) < 4.78 is 1.99. The molecule has 6 heteroatoms. The molecule has 0 aliphatic carbocycles. The van der Waals surface area contributed by atoms with Gasteiger partial charge in [-0.3, -0.25) is 4.79 Å². The van der Waals surface area contributed by atoms with E-state index in [2.05, 4.69) is 16.0 Å². The second kappa shape index (κ2) is 6.81. The molecule has 27 heavy (non-hydrogen) atoms. The number of hydrogen-bond acceptors (Lipinski definition) is 3. The van der Waals surface area contributed by atoms with Gasteiger partial charge in [0.15, 0.2) is 0 Å². The molecule has 0 atom stereocenters. The van der Waals surface area contributed by atoms with Crippen LogP contribution in [0.3, 0.4) is 0 Å². The molecule has 6 nitrogen and oxygen atoms in total. The van der Waals surface area contributed by atoms with Gasteiger partial charge in [0.1, 0.15) is 11.9 Å². The number of imidazole rings is 1. The lowest BCUT2D eigenvalue weighted by Crippen LogP contribution is -2.13. The van der Waals surface area contributed by atoms with Gasteiger partial charge in [0.25, 0.3) is 0 Å². The largest absolute Gasteiger partial charge is 0.370 e. The second-order valence-corrected chi connectivity index (χ2v) is 6.28. The smallest absolute Gasteiger partial charge is 0.219 e. The average molecular weight is 355 g/mol. The van der Waals surface area contributed by atoms with E-state index in [0.717, 1.165) is 27.5 Å². The lowest BCUT2D eigenvalue weighted by atomic mass is 10.1. The lowest BCUT2D eigenvalue weighted by molar-refractivity contribution is -0.118. The minimum atomic E-state index is -0.343. The van der Waals surface area contributed by atoms with Crippen molar-refractivity contribution in [1.82, 2.24) is 14.5 Å². The maximum Gasteiger partial charge on any atom is 0.219 e. The molecule has 0 radical (unpaired) electrons. The highest BCUT2D eigenvalue weighted by Crippen LogP contribution is 2.26. The number of nitriles is 1. The number of nitrogens with one attached hydrogen (secondary N) is 1. The summed E-state index contributed by atoms with van der Waals surface area (Å²) in [5, 5.41) is 10.7. The zero-order valence-corrected chi connectivity index (χ0v) is 14.5. The molecule has 2 aromatic carbocycles. The van der Waals surface area contributed by atoms with Crippen LogP contribution in [0.1, 0.15) is 17.8 Å². The van der Waals surface area contributed by atoms with Gasteiger partial charge in [0, 0.05) is 35.6 Å². The Morgan fingerprint density at radius 2 is 2.00 bits per heavy atom. The molecule has 0 aliphatic heterocycles. The van der Waals surface area contributed by atoms with E-state index in [0.29, 0.717) is 17.9 Å². The number of benzene rings is 2. The van der Waals surface area contributed by atoms with Gasteiger partial charge in [0.2, 0.25) is 5.91 Å². The van der Waals surface area contributed by atoms with Crippen molar-refractivity contribution < 1.29 is 4.79 Å². The normalized spacial score (nSPS) is 11.7. The Morgan fingerprint density at radius 1 is 1.22 bits per heavy atom. The first-order valence-electron chi connectivity index (χ1n) is 8.59. The molecule has 2 aromatic heterocycles. The van der Waals surface area contributed by atoms with E-state index in [-0.39, 0.29) is 12.3 Å². The molecule has 0 spiro atoms. The summed E-state index contributed by atoms with van der Waals surface area (Å²) in [6, 6.07) is 17.8. The van der Waals surface area contributed by atoms with Crippen molar-refractivity contribution in [3.8, 4) is 6.07 Å². The molecule has 0 saturated carbocycles. The molecule has 0 bridgehead atoms. The van der Waals surface area contributed by atoms with Gasteiger partial charge < -0.3 is 15.3 Å². The van der Waals surface area contributed by atoms with Gasteiger partial charge in [-0.25, -0.2) is 4.98 Å². The number of nitrogens with zero attached hydrogens (tertiary/aromatic N) is 3. The number of H-pyrrole nitrogens is 1. The highest BCUT2D eigenvalue weighted by Gasteiger charge is 2.11. The van der Waals surface area contributed by atoms with Crippen LogP contribution < -0.4 is 5.73 Å². The molecule has 0 aliphatic rings. The first-order chi connectivity index (χ1) is 13.2. The van der Waals surface area contributed by atoms with E-state index in [4.69, 9.17) is 5.73 Å². The Labute approximate surface area is 155 Å². The summed E-state index contributed by atoms with van der Waals surface area (Å²) in [5.74, 6) is 0.192. The first-order valence-corrected chi connectivity index (χ1v) is 8.59. The third kappa shape index (κ3) is 3.18. The molecule has 0 saturated heterocycles. The van der Waals surface area contributed by atoms with Gasteiger partial charge in [-0.15, -0.1) is 0 Å². The maximum atomic E-state index is 11.2. The van der Waals surface area contributed by atoms with Crippen LogP contribution in [-0.4, -0.2) is 20.4 Å². The third-order valence-corrected chi connectivity index (χ3v) is 4.48. The summed E-state index contributed by atoms with van der Waals surface area (Å²) in [5.41, 5.74) is 9.33. The van der Waals surface area contributed by atoms with Gasteiger partial charge in [-0.2, -0.15) is 5.26 Å². The van der Waals surface area contributed by atoms with Crippen molar-refractivity contribution in [3.05, 3.63) is 66.1 Å². The van der Waals surface area contributed by atoms with E-state index >= 15 is 0 Å². The van der Waals surface area contributed by atoms with Crippen LogP contribution in [0, 0.1) is 11.3 Å². The van der Waals surface area contributed by atoms with Crippen molar-refractivity contribution in [2.24, 2.45) is 5.73 Å². The monoisotopic (exact) mass is 355 g/mol. The van der Waals surface area contributed by atoms with Crippen molar-refractivity contribution in [2.75, 3.05) is 0 Å². The predicted molar refractivity (Wildman–Crippen MR) is 105 cm³/mol. The number of aryl methyl sites for hydroxylation is 1. The Balaban J connectivity index is 1.80. The molecular weight excluding hydrogens is 338 g/mol. The van der Waals surface area contributed by atoms with Crippen LogP contribution in [0.25, 0.3) is 33.6 Å². The topological polar surface area (TPSA) is 100 Å². The fourth-order valence-electron chi connectivity index (χ4n) is 3.20. The number of amides is 1. The highest BCUT2D eigenvalue weighted by atomic mass is 16.1. The van der Waals surface area contributed by atoms with Gasteiger partial charge in [-0.1, -0.05) is 30.3 Å². The Hall–Kier alpha value is -3.85. The number of primary amides is 1. The highest BCUT2D eigenvalue weighted by molar-refractivity contribution is 5.98. The average Bonchev–Trinajstić information content (AvgIpc) is 3.26. The van der Waals surface area contributed by atoms with Gasteiger partial charge >= 0.3 is 0 Å². The number of aromatic amines is 1. The first kappa shape index (κ1) is 16.6. The molecule has 1 amide bonds. The number of rotatable bonds is 5. The van der Waals surface area contributed by atoms with E-state index in [9.17, 15) is 10.1 Å². The number of nitrogens with two attached hydrogens (primary N) is 1. The number of allylic oxidation sites excluding steroid dienone is 1. The van der Waals surface area contributed by atoms with Crippen LogP contribution in [0.4, 0.5) is 0 Å². The van der Waals surface area contributed by atoms with Gasteiger partial charge in [-0.05, 0) is 24.3 Å². The zero-order chi connectivity index (χ0) is 18.8. The zero-order valence-electron chi connectivity index (χ0n) is 14.5. The molecule has 4 rings (SSSR count). The second-order valence-electron chi connectivity index (χ2n) is 6.28. The fraction of sp³-hybridized carbons (Fsp3) is 0.0952. The van der Waals surface area contributed by atoms with Crippen LogP contribution in [0.15, 0.2) is 54.7 Å². The Bertz CT molecular complexity index is 1190. The van der Waals surface area contributed by atoms with Crippen molar-refractivity contribution in [1.29, 1.82) is 5.26 Å². The van der Waals surface area contributed by atoms with E-state index in [1.54, 1.807) is 0 Å². The number of fused-ring (bicyclic) bond motifs is 2. The van der Waals surface area contributed by atoms with Gasteiger partial charge in [0.05, 0.1) is 16.6 Å². The minimum absolute atomic E-state index is 0.260.